The van der Waals surface area contributed by atoms with E-state index in [-0.39, 0.29) is 0 Å². The molecule has 0 radical (unpaired) electrons. The maximum atomic E-state index is 4.50. The van der Waals surface area contributed by atoms with Gasteiger partial charge in [-0.1, -0.05) is 47.5 Å². The molecule has 0 aliphatic carbocycles. The van der Waals surface area contributed by atoms with Crippen LogP contribution in [-0.4, -0.2) is 19.7 Å². The number of anilines is 2. The van der Waals surface area contributed by atoms with Crippen LogP contribution in [0.5, 0.6) is 0 Å². The van der Waals surface area contributed by atoms with Crippen LogP contribution in [0.2, 0.25) is 0 Å². The van der Waals surface area contributed by atoms with Crippen molar-refractivity contribution in [2.75, 3.05) is 5.32 Å². The first-order valence-corrected chi connectivity index (χ1v) is 8.25. The van der Waals surface area contributed by atoms with Gasteiger partial charge in [0.05, 0.1) is 18.1 Å². The van der Waals surface area contributed by atoms with Crippen molar-refractivity contribution < 1.29 is 0 Å². The minimum atomic E-state index is 0.685. The van der Waals surface area contributed by atoms with Crippen molar-refractivity contribution in [2.45, 2.75) is 20.4 Å². The van der Waals surface area contributed by atoms with Crippen molar-refractivity contribution >= 4 is 22.5 Å². The Kier molecular flexibility index (Phi) is 3.90. The van der Waals surface area contributed by atoms with E-state index in [1.165, 1.54) is 16.7 Å². The lowest BCUT2D eigenvalue weighted by atomic mass is 10.1. The molecule has 0 unspecified atom stereocenters. The summed E-state index contributed by atoms with van der Waals surface area (Å²) < 4.78 is 1.90. The van der Waals surface area contributed by atoms with E-state index < -0.39 is 0 Å². The summed E-state index contributed by atoms with van der Waals surface area (Å²) in [5.41, 5.74) is 5.50. The van der Waals surface area contributed by atoms with E-state index >= 15 is 0 Å². The summed E-state index contributed by atoms with van der Waals surface area (Å²) in [6.07, 6.45) is 3.40. The first kappa shape index (κ1) is 15.3. The molecule has 0 spiro atoms. The molecule has 0 fully saturated rings. The summed E-state index contributed by atoms with van der Waals surface area (Å²) in [6.45, 7) is 4.84. The van der Waals surface area contributed by atoms with Crippen molar-refractivity contribution in [1.82, 2.24) is 19.7 Å². The standard InChI is InChI=1S/C20H19N5/c1-14-3-7-16(8-4-14)12-25-20-18(11-23-25)19(21-13-22-20)24-17-9-5-15(2)6-10-17/h3-11,13H,12H2,1-2H3,(H,21,22,24). The van der Waals surface area contributed by atoms with Crippen LogP contribution in [0.25, 0.3) is 11.0 Å². The highest BCUT2D eigenvalue weighted by atomic mass is 15.3. The lowest BCUT2D eigenvalue weighted by molar-refractivity contribution is 0.703. The van der Waals surface area contributed by atoms with Gasteiger partial charge >= 0.3 is 0 Å². The molecule has 2 aromatic heterocycles. The molecule has 0 aliphatic rings. The Bertz CT molecular complexity index is 1000. The molecule has 5 nitrogen and oxygen atoms in total. The fraction of sp³-hybridized carbons (Fsp3) is 0.150. The smallest absolute Gasteiger partial charge is 0.163 e. The summed E-state index contributed by atoms with van der Waals surface area (Å²) >= 11 is 0. The summed E-state index contributed by atoms with van der Waals surface area (Å²) in [5.74, 6) is 0.768. The zero-order valence-electron chi connectivity index (χ0n) is 14.3. The SMILES string of the molecule is Cc1ccc(Cn2ncc3c(Nc4ccc(C)cc4)ncnc32)cc1. The fourth-order valence-corrected chi connectivity index (χ4v) is 2.75. The number of hydrogen-bond donors (Lipinski definition) is 1. The van der Waals surface area contributed by atoms with Gasteiger partial charge in [0.2, 0.25) is 0 Å². The van der Waals surface area contributed by atoms with Crippen LogP contribution in [0.3, 0.4) is 0 Å². The normalized spacial score (nSPS) is 11.0. The van der Waals surface area contributed by atoms with Gasteiger partial charge in [0, 0.05) is 5.69 Å². The van der Waals surface area contributed by atoms with E-state index in [1.54, 1.807) is 6.33 Å². The van der Waals surface area contributed by atoms with Gasteiger partial charge in [-0.05, 0) is 31.5 Å². The van der Waals surface area contributed by atoms with Gasteiger partial charge in [-0.2, -0.15) is 5.10 Å². The molecule has 0 saturated carbocycles. The predicted octanol–water partition coefficient (Wildman–Crippen LogP) is 4.24. The van der Waals surface area contributed by atoms with Gasteiger partial charge in [0.25, 0.3) is 0 Å². The molecular weight excluding hydrogens is 310 g/mol. The molecule has 5 heteroatoms. The first-order valence-electron chi connectivity index (χ1n) is 8.25. The van der Waals surface area contributed by atoms with E-state index in [4.69, 9.17) is 0 Å². The molecule has 0 saturated heterocycles. The maximum absolute atomic E-state index is 4.50. The molecule has 0 atom stereocenters. The van der Waals surface area contributed by atoms with Crippen LogP contribution in [-0.2, 0) is 6.54 Å². The van der Waals surface area contributed by atoms with Gasteiger partial charge in [-0.15, -0.1) is 0 Å². The first-order chi connectivity index (χ1) is 12.2. The van der Waals surface area contributed by atoms with E-state index in [1.807, 2.05) is 23.0 Å². The second kappa shape index (κ2) is 6.36. The molecule has 2 aromatic carbocycles. The summed E-state index contributed by atoms with van der Waals surface area (Å²) in [6, 6.07) is 16.7. The largest absolute Gasteiger partial charge is 0.340 e. The Morgan fingerprint density at radius 3 is 2.28 bits per heavy atom. The average Bonchev–Trinajstić information content (AvgIpc) is 3.03. The number of aromatic nitrogens is 4. The average molecular weight is 329 g/mol. The summed E-state index contributed by atoms with van der Waals surface area (Å²) in [4.78, 5) is 8.80. The minimum Gasteiger partial charge on any atom is -0.340 e. The van der Waals surface area contributed by atoms with E-state index in [9.17, 15) is 0 Å². The number of hydrogen-bond acceptors (Lipinski definition) is 4. The molecule has 0 aliphatic heterocycles. The summed E-state index contributed by atoms with van der Waals surface area (Å²) in [5, 5.41) is 8.77. The number of nitrogens with one attached hydrogen (secondary N) is 1. The summed E-state index contributed by atoms with van der Waals surface area (Å²) in [7, 11) is 0. The van der Waals surface area contributed by atoms with Gasteiger partial charge < -0.3 is 5.32 Å². The molecule has 25 heavy (non-hydrogen) atoms. The molecule has 2 heterocycles. The monoisotopic (exact) mass is 329 g/mol. The highest BCUT2D eigenvalue weighted by molar-refractivity contribution is 5.88. The number of rotatable bonds is 4. The quantitative estimate of drug-likeness (QED) is 0.608. The number of aryl methyl sites for hydroxylation is 2. The topological polar surface area (TPSA) is 55.6 Å². The van der Waals surface area contributed by atoms with Crippen molar-refractivity contribution in [3.05, 3.63) is 77.7 Å². The second-order valence-electron chi connectivity index (χ2n) is 6.24. The lowest BCUT2D eigenvalue weighted by Crippen LogP contribution is -2.03. The van der Waals surface area contributed by atoms with Crippen molar-refractivity contribution in [2.24, 2.45) is 0 Å². The van der Waals surface area contributed by atoms with Crippen LogP contribution in [0.4, 0.5) is 11.5 Å². The van der Waals surface area contributed by atoms with Gasteiger partial charge in [0.1, 0.15) is 12.1 Å². The third kappa shape index (κ3) is 3.21. The highest BCUT2D eigenvalue weighted by Gasteiger charge is 2.10. The second-order valence-corrected chi connectivity index (χ2v) is 6.24. The molecule has 0 amide bonds. The molecular formula is C20H19N5. The van der Waals surface area contributed by atoms with Crippen molar-refractivity contribution in [3.8, 4) is 0 Å². The van der Waals surface area contributed by atoms with Gasteiger partial charge in [-0.25, -0.2) is 14.6 Å². The van der Waals surface area contributed by atoms with Crippen LogP contribution < -0.4 is 5.32 Å². The van der Waals surface area contributed by atoms with Crippen LogP contribution in [0, 0.1) is 13.8 Å². The molecule has 4 rings (SSSR count). The zero-order valence-corrected chi connectivity index (χ0v) is 14.3. The van der Waals surface area contributed by atoms with E-state index in [0.717, 1.165) is 22.5 Å². The number of nitrogens with zero attached hydrogens (tertiary/aromatic N) is 4. The Hall–Kier alpha value is -3.21. The highest BCUT2D eigenvalue weighted by Crippen LogP contribution is 2.23. The maximum Gasteiger partial charge on any atom is 0.163 e. The van der Waals surface area contributed by atoms with Crippen molar-refractivity contribution in [1.29, 1.82) is 0 Å². The molecule has 1 N–H and O–H groups in total. The third-order valence-corrected chi connectivity index (χ3v) is 4.20. The van der Waals surface area contributed by atoms with Crippen molar-refractivity contribution in [3.63, 3.8) is 0 Å². The van der Waals surface area contributed by atoms with E-state index in [2.05, 4.69) is 70.6 Å². The zero-order chi connectivity index (χ0) is 17.2. The van der Waals surface area contributed by atoms with Gasteiger partial charge in [0.15, 0.2) is 5.65 Å². The van der Waals surface area contributed by atoms with Crippen LogP contribution >= 0.6 is 0 Å². The Morgan fingerprint density at radius 2 is 1.56 bits per heavy atom. The van der Waals surface area contributed by atoms with Gasteiger partial charge in [-0.3, -0.25) is 0 Å². The van der Waals surface area contributed by atoms with Crippen LogP contribution in [0.15, 0.2) is 61.1 Å². The van der Waals surface area contributed by atoms with E-state index in [0.29, 0.717) is 6.54 Å². The molecule has 4 aromatic rings. The van der Waals surface area contributed by atoms with Crippen LogP contribution in [0.1, 0.15) is 16.7 Å². The molecule has 124 valence electrons. The predicted molar refractivity (Wildman–Crippen MR) is 100 cm³/mol. The Morgan fingerprint density at radius 1 is 0.880 bits per heavy atom. The molecule has 0 bridgehead atoms. The fourth-order valence-electron chi connectivity index (χ4n) is 2.75. The lowest BCUT2D eigenvalue weighted by Gasteiger charge is -2.07. The Labute approximate surface area is 146 Å². The number of fused-ring (bicyclic) bond motifs is 1. The number of benzene rings is 2. The Balaban J connectivity index is 1.65. The minimum absolute atomic E-state index is 0.685. The third-order valence-electron chi connectivity index (χ3n) is 4.20.